The first-order chi connectivity index (χ1) is 9.24. The van der Waals surface area contributed by atoms with Gasteiger partial charge in [-0.05, 0) is 38.1 Å². The number of anilines is 2. The second kappa shape index (κ2) is 6.04. The predicted molar refractivity (Wildman–Crippen MR) is 74.5 cm³/mol. The van der Waals surface area contributed by atoms with E-state index in [4.69, 9.17) is 4.42 Å². The molecule has 0 bridgehead atoms. The second-order valence-electron chi connectivity index (χ2n) is 4.01. The monoisotopic (exact) mass is 259 g/mol. The van der Waals surface area contributed by atoms with Crippen LogP contribution in [0.4, 0.5) is 11.5 Å². The van der Waals surface area contributed by atoms with Gasteiger partial charge in [-0.15, -0.1) is 0 Å². The lowest BCUT2D eigenvalue weighted by atomic mass is 10.3. The summed E-state index contributed by atoms with van der Waals surface area (Å²) in [4.78, 5) is 18.2. The van der Waals surface area contributed by atoms with Gasteiger partial charge in [-0.1, -0.05) is 0 Å². The third-order valence-electron chi connectivity index (χ3n) is 2.84. The molecular formula is C14H17N3O2. The third kappa shape index (κ3) is 3.13. The minimum atomic E-state index is -0.276. The molecule has 19 heavy (non-hydrogen) atoms. The van der Waals surface area contributed by atoms with Crippen LogP contribution in [0.25, 0.3) is 0 Å². The minimum absolute atomic E-state index is 0.276. The van der Waals surface area contributed by atoms with Crippen molar-refractivity contribution < 1.29 is 9.21 Å². The smallest absolute Gasteiger partial charge is 0.291 e. The van der Waals surface area contributed by atoms with Crippen molar-refractivity contribution in [1.82, 2.24) is 4.98 Å². The Kier molecular flexibility index (Phi) is 4.18. The molecule has 1 N–H and O–H groups in total. The summed E-state index contributed by atoms with van der Waals surface area (Å²) >= 11 is 0. The van der Waals surface area contributed by atoms with E-state index in [0.717, 1.165) is 18.9 Å². The first-order valence-corrected chi connectivity index (χ1v) is 6.30. The average Bonchev–Trinajstić information content (AvgIpc) is 2.96. The normalized spacial score (nSPS) is 10.2. The van der Waals surface area contributed by atoms with E-state index in [1.165, 1.54) is 6.26 Å². The van der Waals surface area contributed by atoms with E-state index in [1.54, 1.807) is 18.3 Å². The second-order valence-corrected chi connectivity index (χ2v) is 4.01. The van der Waals surface area contributed by atoms with Crippen molar-refractivity contribution in [2.45, 2.75) is 13.8 Å². The van der Waals surface area contributed by atoms with Gasteiger partial charge in [-0.2, -0.15) is 0 Å². The molecule has 2 heterocycles. The van der Waals surface area contributed by atoms with E-state index < -0.39 is 0 Å². The first-order valence-electron chi connectivity index (χ1n) is 6.30. The Morgan fingerprint density at radius 3 is 2.63 bits per heavy atom. The number of nitrogens with zero attached hydrogens (tertiary/aromatic N) is 2. The van der Waals surface area contributed by atoms with Crippen molar-refractivity contribution in [1.29, 1.82) is 0 Å². The summed E-state index contributed by atoms with van der Waals surface area (Å²) in [5.74, 6) is 0.913. The molecule has 1 amide bonds. The molecule has 2 rings (SSSR count). The number of furan rings is 1. The Balaban J connectivity index is 2.05. The van der Waals surface area contributed by atoms with E-state index in [9.17, 15) is 4.79 Å². The molecule has 5 nitrogen and oxygen atoms in total. The molecule has 0 unspecified atom stereocenters. The highest BCUT2D eigenvalue weighted by atomic mass is 16.3. The molecule has 100 valence electrons. The first kappa shape index (κ1) is 13.1. The SMILES string of the molecule is CCN(CC)c1ccc(NC(=O)c2ccco2)cn1. The van der Waals surface area contributed by atoms with Gasteiger partial charge >= 0.3 is 0 Å². The van der Waals surface area contributed by atoms with Crippen LogP contribution in [0.3, 0.4) is 0 Å². The van der Waals surface area contributed by atoms with Gasteiger partial charge in [0, 0.05) is 13.1 Å². The molecule has 0 saturated heterocycles. The molecule has 0 aromatic carbocycles. The van der Waals surface area contributed by atoms with Crippen LogP contribution in [0, 0.1) is 0 Å². The molecule has 0 aliphatic carbocycles. The lowest BCUT2D eigenvalue weighted by Crippen LogP contribution is -2.22. The Morgan fingerprint density at radius 2 is 2.11 bits per heavy atom. The highest BCUT2D eigenvalue weighted by molar-refractivity contribution is 6.02. The summed E-state index contributed by atoms with van der Waals surface area (Å²) in [5, 5.41) is 2.73. The van der Waals surface area contributed by atoms with Crippen LogP contribution in [0.1, 0.15) is 24.4 Å². The number of hydrogen-bond acceptors (Lipinski definition) is 4. The quantitative estimate of drug-likeness (QED) is 0.897. The molecule has 0 atom stereocenters. The van der Waals surface area contributed by atoms with Gasteiger partial charge in [0.05, 0.1) is 18.1 Å². The molecule has 0 fully saturated rings. The molecule has 5 heteroatoms. The van der Waals surface area contributed by atoms with Gasteiger partial charge in [-0.3, -0.25) is 4.79 Å². The molecule has 0 aliphatic heterocycles. The highest BCUT2D eigenvalue weighted by Gasteiger charge is 2.09. The highest BCUT2D eigenvalue weighted by Crippen LogP contribution is 2.14. The number of pyridine rings is 1. The molecular weight excluding hydrogens is 242 g/mol. The van der Waals surface area contributed by atoms with E-state index in [2.05, 4.69) is 29.0 Å². The van der Waals surface area contributed by atoms with Crippen molar-refractivity contribution in [2.24, 2.45) is 0 Å². The summed E-state index contributed by atoms with van der Waals surface area (Å²) in [5.41, 5.74) is 0.650. The van der Waals surface area contributed by atoms with E-state index in [-0.39, 0.29) is 11.7 Å². The number of amides is 1. The van der Waals surface area contributed by atoms with Crippen LogP contribution in [0.2, 0.25) is 0 Å². The summed E-state index contributed by atoms with van der Waals surface area (Å²) < 4.78 is 5.02. The van der Waals surface area contributed by atoms with Gasteiger partial charge in [-0.25, -0.2) is 4.98 Å². The Labute approximate surface area is 112 Å². The number of aromatic nitrogens is 1. The molecule has 2 aromatic heterocycles. The third-order valence-corrected chi connectivity index (χ3v) is 2.84. The van der Waals surface area contributed by atoms with Crippen LogP contribution in [0.5, 0.6) is 0 Å². The molecule has 0 aliphatic rings. The van der Waals surface area contributed by atoms with Crippen molar-refractivity contribution in [2.75, 3.05) is 23.3 Å². The maximum atomic E-state index is 11.8. The molecule has 0 spiro atoms. The van der Waals surface area contributed by atoms with Crippen molar-refractivity contribution in [3.8, 4) is 0 Å². The zero-order chi connectivity index (χ0) is 13.7. The maximum Gasteiger partial charge on any atom is 0.291 e. The fraction of sp³-hybridized carbons (Fsp3) is 0.286. The maximum absolute atomic E-state index is 11.8. The fourth-order valence-electron chi connectivity index (χ4n) is 1.80. The molecule has 2 aromatic rings. The zero-order valence-electron chi connectivity index (χ0n) is 11.1. The van der Waals surface area contributed by atoms with Gasteiger partial charge < -0.3 is 14.6 Å². The van der Waals surface area contributed by atoms with Crippen molar-refractivity contribution in [3.05, 3.63) is 42.5 Å². The van der Waals surface area contributed by atoms with Gasteiger partial charge in [0.25, 0.3) is 5.91 Å². The van der Waals surface area contributed by atoms with E-state index in [0.29, 0.717) is 5.69 Å². The standard InChI is InChI=1S/C14H17N3O2/c1-3-17(4-2)13-8-7-11(10-15-13)16-14(18)12-6-5-9-19-12/h5-10H,3-4H2,1-2H3,(H,16,18). The van der Waals surface area contributed by atoms with Crippen LogP contribution in [0.15, 0.2) is 41.1 Å². The summed E-state index contributed by atoms with van der Waals surface area (Å²) in [6.45, 7) is 5.97. The van der Waals surface area contributed by atoms with Gasteiger partial charge in [0.1, 0.15) is 5.82 Å². The molecule has 0 radical (unpaired) electrons. The minimum Gasteiger partial charge on any atom is -0.459 e. The van der Waals surface area contributed by atoms with Gasteiger partial charge in [0.2, 0.25) is 0 Å². The number of carbonyl (C=O) groups is 1. The summed E-state index contributed by atoms with van der Waals surface area (Å²) in [7, 11) is 0. The zero-order valence-corrected chi connectivity index (χ0v) is 11.1. The lowest BCUT2D eigenvalue weighted by molar-refractivity contribution is 0.0996. The number of hydrogen-bond donors (Lipinski definition) is 1. The summed E-state index contributed by atoms with van der Waals surface area (Å²) in [6, 6.07) is 7.02. The number of rotatable bonds is 5. The molecule has 0 saturated carbocycles. The Morgan fingerprint density at radius 1 is 1.32 bits per heavy atom. The Hall–Kier alpha value is -2.30. The average molecular weight is 259 g/mol. The predicted octanol–water partition coefficient (Wildman–Crippen LogP) is 2.77. The lowest BCUT2D eigenvalue weighted by Gasteiger charge is -2.19. The van der Waals surface area contributed by atoms with E-state index in [1.807, 2.05) is 12.1 Å². The Bertz CT molecular complexity index is 516. The van der Waals surface area contributed by atoms with Gasteiger partial charge in [0.15, 0.2) is 5.76 Å². The number of carbonyl (C=O) groups excluding carboxylic acids is 1. The van der Waals surface area contributed by atoms with Crippen LogP contribution >= 0.6 is 0 Å². The van der Waals surface area contributed by atoms with Crippen LogP contribution in [-0.2, 0) is 0 Å². The largest absolute Gasteiger partial charge is 0.459 e. The van der Waals surface area contributed by atoms with Crippen LogP contribution in [-0.4, -0.2) is 24.0 Å². The summed E-state index contributed by atoms with van der Waals surface area (Å²) in [6.07, 6.45) is 3.12. The van der Waals surface area contributed by atoms with E-state index >= 15 is 0 Å². The van der Waals surface area contributed by atoms with Crippen LogP contribution < -0.4 is 10.2 Å². The van der Waals surface area contributed by atoms with Crippen molar-refractivity contribution >= 4 is 17.4 Å². The fourth-order valence-corrected chi connectivity index (χ4v) is 1.80. The topological polar surface area (TPSA) is 58.4 Å². The number of nitrogens with one attached hydrogen (secondary N) is 1. The van der Waals surface area contributed by atoms with Crippen molar-refractivity contribution in [3.63, 3.8) is 0 Å².